The largest absolute Gasteiger partial charge is 0.497 e. The fraction of sp³-hybridized carbons (Fsp3) is 0.400. The Morgan fingerprint density at radius 3 is 2.13 bits per heavy atom. The number of methoxy groups -OCH3 is 1. The van der Waals surface area contributed by atoms with Crippen molar-refractivity contribution in [1.82, 2.24) is 0 Å². The average molecular weight is 219 g/mol. The molecule has 0 aliphatic rings. The number of hydrogen-bond donors (Lipinski definition) is 0. The Labute approximate surface area is 86.3 Å². The Balaban J connectivity index is 2.70. The van der Waals surface area contributed by atoms with E-state index in [0.29, 0.717) is 11.4 Å². The summed E-state index contributed by atoms with van der Waals surface area (Å²) in [4.78, 5) is 1.14. The molecule has 15 heavy (non-hydrogen) atoms. The number of halogens is 3. The van der Waals surface area contributed by atoms with Crippen LogP contribution in [0.5, 0.6) is 5.75 Å². The summed E-state index contributed by atoms with van der Waals surface area (Å²) >= 11 is 0. The van der Waals surface area contributed by atoms with E-state index < -0.39 is 12.7 Å². The van der Waals surface area contributed by atoms with Crippen LogP contribution in [0.15, 0.2) is 24.3 Å². The molecule has 0 saturated carbocycles. The summed E-state index contributed by atoms with van der Waals surface area (Å²) in [6, 6.07) is 6.43. The van der Waals surface area contributed by atoms with Crippen molar-refractivity contribution in [2.75, 3.05) is 25.6 Å². The molecule has 0 radical (unpaired) electrons. The van der Waals surface area contributed by atoms with E-state index in [2.05, 4.69) is 0 Å². The van der Waals surface area contributed by atoms with Crippen molar-refractivity contribution in [3.63, 3.8) is 0 Å². The lowest BCUT2D eigenvalue weighted by atomic mass is 10.3. The fourth-order valence-corrected chi connectivity index (χ4v) is 1.20. The minimum Gasteiger partial charge on any atom is -0.497 e. The lowest BCUT2D eigenvalue weighted by Gasteiger charge is -2.20. The predicted molar refractivity (Wildman–Crippen MR) is 52.3 cm³/mol. The number of anilines is 1. The molecular weight excluding hydrogens is 207 g/mol. The highest BCUT2D eigenvalue weighted by molar-refractivity contribution is 5.48. The van der Waals surface area contributed by atoms with Gasteiger partial charge in [0.25, 0.3) is 0 Å². The Morgan fingerprint density at radius 2 is 1.73 bits per heavy atom. The molecule has 0 heterocycles. The normalized spacial score (nSPS) is 11.3. The first-order valence-corrected chi connectivity index (χ1v) is 4.34. The van der Waals surface area contributed by atoms with Gasteiger partial charge in [0.2, 0.25) is 0 Å². The number of hydrogen-bond acceptors (Lipinski definition) is 2. The van der Waals surface area contributed by atoms with Gasteiger partial charge in [-0.25, -0.2) is 0 Å². The van der Waals surface area contributed by atoms with E-state index in [4.69, 9.17) is 4.74 Å². The number of benzene rings is 1. The van der Waals surface area contributed by atoms with Crippen molar-refractivity contribution in [1.29, 1.82) is 0 Å². The molecule has 0 unspecified atom stereocenters. The molecule has 5 heteroatoms. The molecule has 0 bridgehead atoms. The molecule has 0 spiro atoms. The van der Waals surface area contributed by atoms with E-state index in [1.165, 1.54) is 14.2 Å². The first-order valence-electron chi connectivity index (χ1n) is 4.34. The molecule has 0 atom stereocenters. The zero-order chi connectivity index (χ0) is 11.5. The van der Waals surface area contributed by atoms with Crippen LogP contribution in [0.25, 0.3) is 0 Å². The van der Waals surface area contributed by atoms with Gasteiger partial charge in [-0.05, 0) is 24.3 Å². The Morgan fingerprint density at radius 1 is 1.20 bits per heavy atom. The van der Waals surface area contributed by atoms with Crippen LogP contribution in [-0.2, 0) is 0 Å². The Bertz CT molecular complexity index is 307. The van der Waals surface area contributed by atoms with Gasteiger partial charge in [-0.2, -0.15) is 13.2 Å². The van der Waals surface area contributed by atoms with Gasteiger partial charge >= 0.3 is 6.18 Å². The van der Waals surface area contributed by atoms with Crippen LogP contribution < -0.4 is 9.64 Å². The zero-order valence-corrected chi connectivity index (χ0v) is 8.51. The molecule has 0 aromatic heterocycles. The summed E-state index contributed by atoms with van der Waals surface area (Å²) in [5, 5.41) is 0. The molecule has 0 fully saturated rings. The standard InChI is InChI=1S/C10H12F3NO/c1-14(7-10(11,12)13)8-3-5-9(15-2)6-4-8/h3-6H,7H2,1-2H3. The molecule has 0 N–H and O–H groups in total. The van der Waals surface area contributed by atoms with Crippen LogP contribution >= 0.6 is 0 Å². The molecule has 0 amide bonds. The molecule has 0 saturated heterocycles. The van der Waals surface area contributed by atoms with Crippen LogP contribution in [0.4, 0.5) is 18.9 Å². The minimum absolute atomic E-state index is 0.508. The second kappa shape index (κ2) is 4.42. The summed E-state index contributed by atoms with van der Waals surface area (Å²) in [6.45, 7) is -0.959. The summed E-state index contributed by atoms with van der Waals surface area (Å²) in [5.74, 6) is 0.624. The Hall–Kier alpha value is -1.39. The quantitative estimate of drug-likeness (QED) is 0.775. The highest BCUT2D eigenvalue weighted by atomic mass is 19.4. The van der Waals surface area contributed by atoms with Crippen LogP contribution in [-0.4, -0.2) is 26.9 Å². The van der Waals surface area contributed by atoms with Gasteiger partial charge < -0.3 is 9.64 Å². The number of alkyl halides is 3. The molecule has 2 nitrogen and oxygen atoms in total. The van der Waals surface area contributed by atoms with Gasteiger partial charge in [-0.1, -0.05) is 0 Å². The molecule has 84 valence electrons. The van der Waals surface area contributed by atoms with Crippen molar-refractivity contribution in [2.24, 2.45) is 0 Å². The molecule has 0 aliphatic heterocycles. The van der Waals surface area contributed by atoms with Gasteiger partial charge in [-0.3, -0.25) is 0 Å². The first-order chi connectivity index (χ1) is 6.92. The first kappa shape index (κ1) is 11.7. The predicted octanol–water partition coefficient (Wildman–Crippen LogP) is 2.69. The fourth-order valence-electron chi connectivity index (χ4n) is 1.20. The van der Waals surface area contributed by atoms with Crippen molar-refractivity contribution in [3.8, 4) is 5.75 Å². The van der Waals surface area contributed by atoms with Gasteiger partial charge in [0.1, 0.15) is 12.3 Å². The molecular formula is C10H12F3NO. The average Bonchev–Trinajstić information content (AvgIpc) is 2.15. The second-order valence-electron chi connectivity index (χ2n) is 3.17. The minimum atomic E-state index is -4.19. The molecule has 1 aromatic rings. The Kier molecular flexibility index (Phi) is 3.44. The van der Waals surface area contributed by atoms with E-state index in [-0.39, 0.29) is 0 Å². The number of ether oxygens (including phenoxy) is 1. The third-order valence-electron chi connectivity index (χ3n) is 1.93. The SMILES string of the molecule is COc1ccc(N(C)CC(F)(F)F)cc1. The highest BCUT2D eigenvalue weighted by Crippen LogP contribution is 2.22. The smallest absolute Gasteiger partial charge is 0.405 e. The third-order valence-corrected chi connectivity index (χ3v) is 1.93. The highest BCUT2D eigenvalue weighted by Gasteiger charge is 2.29. The van der Waals surface area contributed by atoms with E-state index in [1.54, 1.807) is 24.3 Å². The van der Waals surface area contributed by atoms with E-state index in [1.807, 2.05) is 0 Å². The second-order valence-corrected chi connectivity index (χ2v) is 3.17. The number of nitrogens with zero attached hydrogens (tertiary/aromatic N) is 1. The monoisotopic (exact) mass is 219 g/mol. The lowest BCUT2D eigenvalue weighted by molar-refractivity contribution is -0.119. The summed E-state index contributed by atoms with van der Waals surface area (Å²) in [6.07, 6.45) is -4.19. The van der Waals surface area contributed by atoms with E-state index in [9.17, 15) is 13.2 Å². The van der Waals surface area contributed by atoms with Crippen LogP contribution in [0.3, 0.4) is 0 Å². The van der Waals surface area contributed by atoms with Gasteiger partial charge in [0.15, 0.2) is 0 Å². The number of rotatable bonds is 3. The van der Waals surface area contributed by atoms with Crippen molar-refractivity contribution in [2.45, 2.75) is 6.18 Å². The van der Waals surface area contributed by atoms with Crippen LogP contribution in [0.2, 0.25) is 0 Å². The van der Waals surface area contributed by atoms with Crippen molar-refractivity contribution in [3.05, 3.63) is 24.3 Å². The maximum Gasteiger partial charge on any atom is 0.405 e. The van der Waals surface area contributed by atoms with Gasteiger partial charge in [0.05, 0.1) is 7.11 Å². The van der Waals surface area contributed by atoms with Crippen molar-refractivity contribution < 1.29 is 17.9 Å². The summed E-state index contributed by atoms with van der Waals surface area (Å²) in [5.41, 5.74) is 0.508. The lowest BCUT2D eigenvalue weighted by Crippen LogP contribution is -2.30. The van der Waals surface area contributed by atoms with Gasteiger partial charge in [0, 0.05) is 12.7 Å². The van der Waals surface area contributed by atoms with Gasteiger partial charge in [-0.15, -0.1) is 0 Å². The molecule has 1 aromatic carbocycles. The third kappa shape index (κ3) is 3.69. The summed E-state index contributed by atoms with van der Waals surface area (Å²) in [7, 11) is 2.91. The zero-order valence-electron chi connectivity index (χ0n) is 8.51. The maximum absolute atomic E-state index is 12.1. The van der Waals surface area contributed by atoms with E-state index in [0.717, 1.165) is 4.90 Å². The topological polar surface area (TPSA) is 12.5 Å². The van der Waals surface area contributed by atoms with Crippen molar-refractivity contribution >= 4 is 5.69 Å². The van der Waals surface area contributed by atoms with E-state index >= 15 is 0 Å². The van der Waals surface area contributed by atoms with Crippen LogP contribution in [0, 0.1) is 0 Å². The summed E-state index contributed by atoms with van der Waals surface area (Å²) < 4.78 is 41.1. The molecule has 1 rings (SSSR count). The molecule has 0 aliphatic carbocycles. The maximum atomic E-state index is 12.1. The van der Waals surface area contributed by atoms with Crippen LogP contribution in [0.1, 0.15) is 0 Å².